The van der Waals surface area contributed by atoms with Gasteiger partial charge in [-0.05, 0) is 74.8 Å². The number of nitrogens with zero attached hydrogens (tertiary/aromatic N) is 5. The highest BCUT2D eigenvalue weighted by Gasteiger charge is 2.31. The van der Waals surface area contributed by atoms with Crippen molar-refractivity contribution in [2.24, 2.45) is 5.92 Å². The molecule has 0 radical (unpaired) electrons. The van der Waals surface area contributed by atoms with Crippen molar-refractivity contribution in [1.29, 1.82) is 0 Å². The molecule has 2 aliphatic heterocycles. The van der Waals surface area contributed by atoms with Crippen molar-refractivity contribution in [2.75, 3.05) is 26.2 Å². The molecule has 4 N–H and O–H groups in total. The zero-order chi connectivity index (χ0) is 36.5. The number of hydrogen-bond acceptors (Lipinski definition) is 9. The van der Waals surface area contributed by atoms with Crippen molar-refractivity contribution >= 4 is 35.2 Å². The Morgan fingerprint density at radius 2 is 1.82 bits per heavy atom. The highest BCUT2D eigenvalue weighted by molar-refractivity contribution is 6.32. The van der Waals surface area contributed by atoms with E-state index < -0.39 is 35.9 Å². The number of halogens is 1. The van der Waals surface area contributed by atoms with Crippen LogP contribution >= 0.6 is 11.6 Å². The number of aryl methyl sites for hydroxylation is 3. The minimum absolute atomic E-state index is 0.0263. The third kappa shape index (κ3) is 10.3. The summed E-state index contributed by atoms with van der Waals surface area (Å²) in [7, 11) is 0. The second-order valence-corrected chi connectivity index (χ2v) is 14.0. The predicted octanol–water partition coefficient (Wildman–Crippen LogP) is 2.50. The number of nitrogens with one attached hydrogen (secondary N) is 3. The van der Waals surface area contributed by atoms with Crippen molar-refractivity contribution in [3.05, 3.63) is 69.8 Å². The van der Waals surface area contributed by atoms with E-state index in [1.807, 2.05) is 26.1 Å². The van der Waals surface area contributed by atoms with E-state index in [1.165, 1.54) is 19.1 Å². The maximum Gasteiger partial charge on any atom is 0.255 e. The molecule has 0 saturated heterocycles. The quantitative estimate of drug-likeness (QED) is 0.294. The Bertz CT molecular complexity index is 1710. The zero-order valence-electron chi connectivity index (χ0n) is 29.4. The van der Waals surface area contributed by atoms with Gasteiger partial charge in [0.25, 0.3) is 11.8 Å². The third-order valence-corrected chi connectivity index (χ3v) is 9.28. The van der Waals surface area contributed by atoms with Crippen LogP contribution < -0.4 is 20.7 Å². The lowest BCUT2D eigenvalue weighted by Crippen LogP contribution is -2.57. The largest absolute Gasteiger partial charge is 0.492 e. The number of amides is 4. The molecule has 15 heteroatoms. The minimum atomic E-state index is -1.35. The van der Waals surface area contributed by atoms with E-state index >= 15 is 0 Å². The lowest BCUT2D eigenvalue weighted by molar-refractivity contribution is -0.131. The zero-order valence-corrected chi connectivity index (χ0v) is 30.1. The van der Waals surface area contributed by atoms with E-state index in [-0.39, 0.29) is 35.5 Å². The van der Waals surface area contributed by atoms with E-state index in [1.54, 1.807) is 21.8 Å². The van der Waals surface area contributed by atoms with E-state index in [0.717, 1.165) is 36.9 Å². The van der Waals surface area contributed by atoms with Crippen molar-refractivity contribution in [3.63, 3.8) is 0 Å². The Morgan fingerprint density at radius 1 is 1.02 bits per heavy atom. The first-order valence-corrected chi connectivity index (χ1v) is 18.0. The van der Waals surface area contributed by atoms with Crippen molar-refractivity contribution in [1.82, 2.24) is 40.8 Å². The van der Waals surface area contributed by atoms with Gasteiger partial charge in [-0.2, -0.15) is 0 Å². The van der Waals surface area contributed by atoms with Crippen LogP contribution in [-0.2, 0) is 35.4 Å². The third-order valence-electron chi connectivity index (χ3n) is 8.98. The number of carbonyl (C=O) groups is 4. The fourth-order valence-electron chi connectivity index (χ4n) is 6.21. The van der Waals surface area contributed by atoms with Gasteiger partial charge in [0, 0.05) is 62.7 Å². The number of pyridine rings is 1. The van der Waals surface area contributed by atoms with Gasteiger partial charge in [-0.15, -0.1) is 5.10 Å². The molecule has 0 fully saturated rings. The van der Waals surface area contributed by atoms with Crippen LogP contribution in [0.5, 0.6) is 5.75 Å². The molecule has 4 bridgehead atoms. The summed E-state index contributed by atoms with van der Waals surface area (Å²) in [5, 5.41) is 27.4. The number of aliphatic hydroxyl groups excluding tert-OH is 1. The molecule has 51 heavy (non-hydrogen) atoms. The fourth-order valence-corrected chi connectivity index (χ4v) is 6.45. The van der Waals surface area contributed by atoms with Crippen LogP contribution in [0.25, 0.3) is 0 Å². The van der Waals surface area contributed by atoms with Crippen molar-refractivity contribution in [3.8, 4) is 5.75 Å². The minimum Gasteiger partial charge on any atom is -0.492 e. The Kier molecular flexibility index (Phi) is 13.0. The summed E-state index contributed by atoms with van der Waals surface area (Å²) in [5.41, 5.74) is 3.49. The first-order valence-electron chi connectivity index (χ1n) is 17.6. The molecule has 274 valence electrons. The van der Waals surface area contributed by atoms with Crippen LogP contribution in [0.4, 0.5) is 0 Å². The topological polar surface area (TPSA) is 181 Å². The highest BCUT2D eigenvalue weighted by Crippen LogP contribution is 2.26. The molecular weight excluding hydrogens is 676 g/mol. The monoisotopic (exact) mass is 722 g/mol. The van der Waals surface area contributed by atoms with E-state index in [9.17, 15) is 24.3 Å². The molecular formula is C36H47ClN8O6. The number of benzene rings is 1. The summed E-state index contributed by atoms with van der Waals surface area (Å²) >= 11 is 6.42. The van der Waals surface area contributed by atoms with Gasteiger partial charge < -0.3 is 30.7 Å². The lowest BCUT2D eigenvalue weighted by atomic mass is 9.95. The van der Waals surface area contributed by atoms with Gasteiger partial charge in [0.1, 0.15) is 17.8 Å². The molecule has 0 unspecified atom stereocenters. The Balaban J connectivity index is 1.38. The van der Waals surface area contributed by atoms with Crippen molar-refractivity contribution < 1.29 is 29.0 Å². The normalized spacial score (nSPS) is 20.4. The van der Waals surface area contributed by atoms with E-state index in [2.05, 4.69) is 31.2 Å². The van der Waals surface area contributed by atoms with Crippen LogP contribution in [0, 0.1) is 5.92 Å². The van der Waals surface area contributed by atoms with Crippen LogP contribution in [0.3, 0.4) is 0 Å². The predicted molar refractivity (Wildman–Crippen MR) is 189 cm³/mol. The Morgan fingerprint density at radius 3 is 2.59 bits per heavy atom. The Labute approximate surface area is 302 Å². The standard InChI is InChI=1S/C36H47ClN8O6/c1-22(2)17-30-34(48)38-12-15-44(36(50)26-18-24-7-4-5-8-29(24)39-20-26)14-11-27-21-45(43-42-27)13-6-16-51-31-10-9-25(19-28(31)37)33(47)41-32(23(3)46)35(49)40-30/h9-10,18-23,30,32,46H,4-8,11-17H2,1-3H3,(H,38,48)(H,40,49)(H,41,47)/t23-,30-,32+/m1/s1. The summed E-state index contributed by atoms with van der Waals surface area (Å²) in [6, 6.07) is 4.12. The molecule has 1 aliphatic carbocycles. The van der Waals surface area contributed by atoms with Gasteiger partial charge >= 0.3 is 0 Å². The molecule has 0 spiro atoms. The second-order valence-electron chi connectivity index (χ2n) is 13.6. The maximum atomic E-state index is 13.9. The van der Waals surface area contributed by atoms with E-state index in [0.29, 0.717) is 56.0 Å². The second kappa shape index (κ2) is 17.6. The van der Waals surface area contributed by atoms with Gasteiger partial charge in [-0.1, -0.05) is 30.7 Å². The van der Waals surface area contributed by atoms with Crippen LogP contribution in [-0.4, -0.2) is 98.0 Å². The summed E-state index contributed by atoms with van der Waals surface area (Å²) in [4.78, 5) is 60.2. The highest BCUT2D eigenvalue weighted by atomic mass is 35.5. The molecule has 1 aromatic carbocycles. The van der Waals surface area contributed by atoms with Crippen molar-refractivity contribution in [2.45, 2.75) is 90.4 Å². The fraction of sp³-hybridized carbons (Fsp3) is 0.528. The summed E-state index contributed by atoms with van der Waals surface area (Å²) in [6.45, 7) is 6.70. The average molecular weight is 723 g/mol. The molecule has 3 aliphatic rings. The molecule has 4 heterocycles. The van der Waals surface area contributed by atoms with Crippen LogP contribution in [0.2, 0.25) is 5.02 Å². The first kappa shape index (κ1) is 37.7. The molecule has 0 saturated carbocycles. The first-order chi connectivity index (χ1) is 24.5. The van der Waals surface area contributed by atoms with Crippen LogP contribution in [0.15, 0.2) is 36.7 Å². The SMILES string of the molecule is CC(C)C[C@H]1NC(=O)[C@H]([C@@H](C)O)NC(=O)c2ccc(c(Cl)c2)OCCCn2cc(nn2)CCN(C(=O)c2cnc3c(c2)CCCC3)CCNC1=O. The summed E-state index contributed by atoms with van der Waals surface area (Å²) < 4.78 is 7.56. The van der Waals surface area contributed by atoms with E-state index in [4.69, 9.17) is 16.3 Å². The Hall–Kier alpha value is -4.56. The van der Waals surface area contributed by atoms with Gasteiger partial charge in [-0.25, -0.2) is 0 Å². The number of rotatable bonds is 4. The molecule has 3 aromatic rings. The summed E-state index contributed by atoms with van der Waals surface area (Å²) in [6.07, 6.45) is 7.46. The number of aromatic nitrogens is 4. The van der Waals surface area contributed by atoms with Gasteiger partial charge in [-0.3, -0.25) is 28.8 Å². The summed E-state index contributed by atoms with van der Waals surface area (Å²) in [5.74, 6) is -1.60. The number of carbonyl (C=O) groups excluding carboxylic acids is 4. The smallest absolute Gasteiger partial charge is 0.255 e. The van der Waals surface area contributed by atoms with Crippen LogP contribution in [0.1, 0.15) is 84.1 Å². The molecule has 14 nitrogen and oxygen atoms in total. The van der Waals surface area contributed by atoms with Gasteiger partial charge in [0.05, 0.1) is 29.0 Å². The number of fused-ring (bicyclic) bond motifs is 18. The number of aliphatic hydroxyl groups is 1. The molecule has 6 rings (SSSR count). The maximum absolute atomic E-state index is 13.9. The average Bonchev–Trinajstić information content (AvgIpc) is 3.56. The van der Waals surface area contributed by atoms with Gasteiger partial charge in [0.15, 0.2) is 0 Å². The number of ether oxygens (including phenoxy) is 1. The number of hydrogen-bond donors (Lipinski definition) is 4. The molecule has 2 aromatic heterocycles. The molecule has 3 atom stereocenters. The molecule has 4 amide bonds. The van der Waals surface area contributed by atoms with Gasteiger partial charge in [0.2, 0.25) is 11.8 Å². The lowest BCUT2D eigenvalue weighted by Gasteiger charge is -2.27.